The fourth-order valence-corrected chi connectivity index (χ4v) is 3.45. The number of carbonyl (C=O) groups excluding carboxylic acids is 3. The van der Waals surface area contributed by atoms with Crippen molar-refractivity contribution in [2.75, 3.05) is 0 Å². The molecule has 0 saturated carbocycles. The monoisotopic (exact) mass is 414 g/mol. The van der Waals surface area contributed by atoms with Gasteiger partial charge in [-0.05, 0) is 15.9 Å². The van der Waals surface area contributed by atoms with Crippen LogP contribution in [0, 0.1) is 0 Å². The molecule has 0 radical (unpaired) electrons. The Kier molecular flexibility index (Phi) is 4.47. The first-order chi connectivity index (χ1) is 15.1. The number of rotatable bonds is 4. The lowest BCUT2D eigenvalue weighted by molar-refractivity contribution is -0.172. The Morgan fingerprint density at radius 2 is 1.42 bits per heavy atom. The molecule has 0 spiro atoms. The molecule has 2 aromatic heterocycles. The molecule has 2 aromatic carbocycles. The van der Waals surface area contributed by atoms with Crippen LogP contribution in [0.2, 0.25) is 0 Å². The quantitative estimate of drug-likeness (QED) is 0.468. The minimum atomic E-state index is -0.954. The van der Waals surface area contributed by atoms with E-state index in [1.54, 1.807) is 36.4 Å². The van der Waals surface area contributed by atoms with E-state index in [1.807, 2.05) is 24.3 Å². The predicted octanol–water partition coefficient (Wildman–Crippen LogP) is 3.17. The third kappa shape index (κ3) is 3.21. The van der Waals surface area contributed by atoms with Crippen LogP contribution in [0.4, 0.5) is 0 Å². The van der Waals surface area contributed by atoms with Crippen LogP contribution in [-0.4, -0.2) is 38.1 Å². The van der Waals surface area contributed by atoms with Crippen LogP contribution in [0.25, 0.3) is 33.4 Å². The molecular formula is C22H14N4O5. The van der Waals surface area contributed by atoms with Gasteiger partial charge in [0, 0.05) is 24.0 Å². The van der Waals surface area contributed by atoms with Crippen molar-refractivity contribution >= 4 is 28.8 Å². The molecule has 0 aliphatic carbocycles. The van der Waals surface area contributed by atoms with E-state index < -0.39 is 17.8 Å². The van der Waals surface area contributed by atoms with E-state index in [-0.39, 0.29) is 18.5 Å². The first kappa shape index (κ1) is 18.6. The van der Waals surface area contributed by atoms with Crippen molar-refractivity contribution in [2.45, 2.75) is 12.8 Å². The number of hydroxylamine groups is 2. The van der Waals surface area contributed by atoms with Crippen molar-refractivity contribution in [1.29, 1.82) is 0 Å². The molecule has 1 aliphatic heterocycles. The Morgan fingerprint density at radius 1 is 0.839 bits per heavy atom. The van der Waals surface area contributed by atoms with Gasteiger partial charge >= 0.3 is 5.97 Å². The molecule has 1 fully saturated rings. The maximum atomic E-state index is 13.1. The van der Waals surface area contributed by atoms with E-state index in [2.05, 4.69) is 15.3 Å². The molecule has 31 heavy (non-hydrogen) atoms. The summed E-state index contributed by atoms with van der Waals surface area (Å²) >= 11 is 0. The van der Waals surface area contributed by atoms with Crippen LogP contribution < -0.4 is 0 Å². The third-order valence-corrected chi connectivity index (χ3v) is 4.89. The Hall–Kier alpha value is -4.40. The molecule has 0 unspecified atom stereocenters. The standard InChI is InChI=1S/C22H14N4O5/c27-15-11-12-16(28)26(15)30-22(29)20-17(13-7-3-1-4-8-13)19-21(25-31-24-19)18(23-20)14-9-5-2-6-10-14/h1-10H,11-12H2. The molecule has 5 rings (SSSR count). The second kappa shape index (κ2) is 7.45. The normalized spacial score (nSPS) is 13.7. The van der Waals surface area contributed by atoms with Gasteiger partial charge in [0.15, 0.2) is 11.2 Å². The molecule has 1 saturated heterocycles. The summed E-state index contributed by atoms with van der Waals surface area (Å²) in [5, 5.41) is 8.49. The van der Waals surface area contributed by atoms with E-state index in [0.29, 0.717) is 38.5 Å². The molecular weight excluding hydrogens is 400 g/mol. The van der Waals surface area contributed by atoms with Gasteiger partial charge in [-0.1, -0.05) is 60.7 Å². The number of carbonyl (C=O) groups is 3. The summed E-state index contributed by atoms with van der Waals surface area (Å²) in [5.41, 5.74) is 2.58. The van der Waals surface area contributed by atoms with E-state index in [0.717, 1.165) is 0 Å². The molecule has 152 valence electrons. The van der Waals surface area contributed by atoms with Crippen LogP contribution in [-0.2, 0) is 14.4 Å². The molecule has 4 aromatic rings. The summed E-state index contributed by atoms with van der Waals surface area (Å²) in [6, 6.07) is 18.1. The smallest absolute Gasteiger partial charge is 0.323 e. The minimum Gasteiger partial charge on any atom is -0.323 e. The Balaban J connectivity index is 1.72. The third-order valence-electron chi connectivity index (χ3n) is 4.89. The van der Waals surface area contributed by atoms with Crippen molar-refractivity contribution in [2.24, 2.45) is 0 Å². The summed E-state index contributed by atoms with van der Waals surface area (Å²) in [6.07, 6.45) is -0.0147. The van der Waals surface area contributed by atoms with Crippen molar-refractivity contribution in [1.82, 2.24) is 20.4 Å². The van der Waals surface area contributed by atoms with Crippen LogP contribution in [0.1, 0.15) is 23.3 Å². The Morgan fingerprint density at radius 3 is 2.06 bits per heavy atom. The van der Waals surface area contributed by atoms with Crippen LogP contribution in [0.15, 0.2) is 65.3 Å². The molecule has 0 atom stereocenters. The van der Waals surface area contributed by atoms with Gasteiger partial charge in [0.05, 0.1) is 0 Å². The zero-order valence-electron chi connectivity index (χ0n) is 16.0. The molecule has 2 amide bonds. The molecule has 9 heteroatoms. The second-order valence-corrected chi connectivity index (χ2v) is 6.84. The van der Waals surface area contributed by atoms with Crippen LogP contribution in [0.5, 0.6) is 0 Å². The van der Waals surface area contributed by atoms with Crippen molar-refractivity contribution in [3.63, 3.8) is 0 Å². The fourth-order valence-electron chi connectivity index (χ4n) is 3.45. The number of hydrogen-bond donors (Lipinski definition) is 0. The first-order valence-electron chi connectivity index (χ1n) is 9.48. The van der Waals surface area contributed by atoms with E-state index >= 15 is 0 Å². The number of hydrogen-bond acceptors (Lipinski definition) is 8. The highest BCUT2D eigenvalue weighted by Crippen LogP contribution is 2.35. The van der Waals surface area contributed by atoms with Crippen molar-refractivity contribution < 1.29 is 23.9 Å². The number of nitrogens with zero attached hydrogens (tertiary/aromatic N) is 4. The second-order valence-electron chi connectivity index (χ2n) is 6.84. The van der Waals surface area contributed by atoms with E-state index in [9.17, 15) is 14.4 Å². The summed E-state index contributed by atoms with van der Waals surface area (Å²) in [7, 11) is 0. The summed E-state index contributed by atoms with van der Waals surface area (Å²) in [6.45, 7) is 0. The van der Waals surface area contributed by atoms with Gasteiger partial charge in [0.1, 0.15) is 11.2 Å². The van der Waals surface area contributed by atoms with Gasteiger partial charge in [-0.3, -0.25) is 9.59 Å². The Labute approximate surface area is 175 Å². The maximum absolute atomic E-state index is 13.1. The number of pyridine rings is 1. The lowest BCUT2D eigenvalue weighted by Crippen LogP contribution is -2.32. The molecule has 3 heterocycles. The van der Waals surface area contributed by atoms with Crippen LogP contribution in [0.3, 0.4) is 0 Å². The SMILES string of the molecule is O=C(ON1C(=O)CCC1=O)c1nc(-c2ccccc2)c2nonc2c1-c1ccccc1. The van der Waals surface area contributed by atoms with Crippen molar-refractivity contribution in [3.05, 3.63) is 66.4 Å². The van der Waals surface area contributed by atoms with Gasteiger partial charge < -0.3 is 4.84 Å². The van der Waals surface area contributed by atoms with E-state index in [4.69, 9.17) is 9.47 Å². The number of amides is 2. The van der Waals surface area contributed by atoms with Crippen LogP contribution >= 0.6 is 0 Å². The first-order valence-corrected chi connectivity index (χ1v) is 9.48. The van der Waals surface area contributed by atoms with Gasteiger partial charge in [0.2, 0.25) is 0 Å². The number of fused-ring (bicyclic) bond motifs is 1. The average molecular weight is 414 g/mol. The lowest BCUT2D eigenvalue weighted by Gasteiger charge is -2.15. The predicted molar refractivity (Wildman–Crippen MR) is 107 cm³/mol. The summed E-state index contributed by atoms with van der Waals surface area (Å²) < 4.78 is 4.98. The minimum absolute atomic E-state index is 0.00735. The van der Waals surface area contributed by atoms with E-state index in [1.165, 1.54) is 0 Å². The number of benzene rings is 2. The topological polar surface area (TPSA) is 115 Å². The Bertz CT molecular complexity index is 1300. The number of aromatic nitrogens is 3. The lowest BCUT2D eigenvalue weighted by atomic mass is 9.99. The largest absolute Gasteiger partial charge is 0.382 e. The summed E-state index contributed by atoms with van der Waals surface area (Å²) in [4.78, 5) is 46.7. The van der Waals surface area contributed by atoms with Gasteiger partial charge in [-0.2, -0.15) is 0 Å². The molecule has 1 aliphatic rings. The summed E-state index contributed by atoms with van der Waals surface area (Å²) in [5.74, 6) is -2.11. The number of imide groups is 1. The van der Waals surface area contributed by atoms with Gasteiger partial charge in [-0.25, -0.2) is 14.4 Å². The fraction of sp³-hybridized carbons (Fsp3) is 0.0909. The van der Waals surface area contributed by atoms with Gasteiger partial charge in [0.25, 0.3) is 11.8 Å². The average Bonchev–Trinajstić information content (AvgIpc) is 3.41. The molecule has 9 nitrogen and oxygen atoms in total. The zero-order chi connectivity index (χ0) is 21.4. The highest BCUT2D eigenvalue weighted by molar-refractivity contribution is 6.09. The molecule has 0 N–H and O–H groups in total. The maximum Gasteiger partial charge on any atom is 0.382 e. The zero-order valence-corrected chi connectivity index (χ0v) is 16.0. The highest BCUT2D eigenvalue weighted by atomic mass is 16.7. The molecule has 0 bridgehead atoms. The van der Waals surface area contributed by atoms with Crippen molar-refractivity contribution in [3.8, 4) is 22.4 Å². The van der Waals surface area contributed by atoms with Gasteiger partial charge in [-0.15, -0.1) is 5.06 Å². The highest BCUT2D eigenvalue weighted by Gasteiger charge is 2.35.